The average molecular weight is 188 g/mol. The number of carbonyl (C=O) groups is 1. The van der Waals surface area contributed by atoms with Crippen molar-refractivity contribution in [2.75, 3.05) is 0 Å². The molecule has 0 saturated carbocycles. The predicted octanol–water partition coefficient (Wildman–Crippen LogP) is 0.960. The number of carbonyl (C=O) groups excluding carboxylic acids is 1. The molecule has 0 aromatic rings. The Bertz CT molecular complexity index is 169. The quantitative estimate of drug-likeness (QED) is 0.384. The standard InChI is InChI=1S/C9H20N2O2/c1-5-7(8(12)11-10)13-9(3,4)6-2/h7H,5-6,10H2,1-4H3,(H,11,12). The van der Waals surface area contributed by atoms with Gasteiger partial charge in [0.1, 0.15) is 6.10 Å². The van der Waals surface area contributed by atoms with Crippen LogP contribution < -0.4 is 11.3 Å². The lowest BCUT2D eigenvalue weighted by Gasteiger charge is -2.28. The molecule has 0 bridgehead atoms. The first-order valence-electron chi connectivity index (χ1n) is 4.65. The van der Waals surface area contributed by atoms with Crippen LogP contribution >= 0.6 is 0 Å². The SMILES string of the molecule is CCC(OC(C)(C)CC)C(=O)NN. The van der Waals surface area contributed by atoms with Crippen LogP contribution in [0.4, 0.5) is 0 Å². The van der Waals surface area contributed by atoms with Gasteiger partial charge in [-0.3, -0.25) is 10.2 Å². The second-order valence-electron chi connectivity index (χ2n) is 3.64. The maximum Gasteiger partial charge on any atom is 0.263 e. The fraction of sp³-hybridized carbons (Fsp3) is 0.889. The molecule has 0 aliphatic carbocycles. The van der Waals surface area contributed by atoms with E-state index >= 15 is 0 Å². The fourth-order valence-corrected chi connectivity index (χ4v) is 0.884. The van der Waals surface area contributed by atoms with Crippen molar-refractivity contribution >= 4 is 5.91 Å². The normalized spacial score (nSPS) is 13.9. The molecule has 1 atom stereocenters. The van der Waals surface area contributed by atoms with Crippen molar-refractivity contribution in [1.82, 2.24) is 5.43 Å². The molecule has 0 rings (SSSR count). The minimum Gasteiger partial charge on any atom is -0.362 e. The largest absolute Gasteiger partial charge is 0.362 e. The van der Waals surface area contributed by atoms with Crippen molar-refractivity contribution < 1.29 is 9.53 Å². The van der Waals surface area contributed by atoms with E-state index in [4.69, 9.17) is 10.6 Å². The zero-order chi connectivity index (χ0) is 10.5. The summed E-state index contributed by atoms with van der Waals surface area (Å²) in [5.74, 6) is 4.77. The third-order valence-electron chi connectivity index (χ3n) is 2.12. The molecule has 4 heteroatoms. The van der Waals surface area contributed by atoms with Gasteiger partial charge in [0, 0.05) is 0 Å². The monoisotopic (exact) mass is 188 g/mol. The zero-order valence-corrected chi connectivity index (χ0v) is 8.89. The zero-order valence-electron chi connectivity index (χ0n) is 8.89. The van der Waals surface area contributed by atoms with Crippen molar-refractivity contribution in [2.45, 2.75) is 52.2 Å². The summed E-state index contributed by atoms with van der Waals surface area (Å²) in [7, 11) is 0. The number of hydrogen-bond donors (Lipinski definition) is 2. The van der Waals surface area contributed by atoms with Gasteiger partial charge in [0.2, 0.25) is 0 Å². The molecule has 0 saturated heterocycles. The highest BCUT2D eigenvalue weighted by Gasteiger charge is 2.25. The number of ether oxygens (including phenoxy) is 1. The number of amides is 1. The van der Waals surface area contributed by atoms with Crippen LogP contribution in [0.2, 0.25) is 0 Å². The number of rotatable bonds is 5. The smallest absolute Gasteiger partial charge is 0.263 e. The van der Waals surface area contributed by atoms with Gasteiger partial charge in [0.25, 0.3) is 5.91 Å². The summed E-state index contributed by atoms with van der Waals surface area (Å²) in [4.78, 5) is 11.2. The molecule has 0 heterocycles. The number of nitrogens with one attached hydrogen (secondary N) is 1. The Labute approximate surface area is 79.8 Å². The maximum atomic E-state index is 11.2. The minimum atomic E-state index is -0.444. The van der Waals surface area contributed by atoms with Crippen LogP contribution in [0.25, 0.3) is 0 Å². The predicted molar refractivity (Wildman–Crippen MR) is 51.9 cm³/mol. The van der Waals surface area contributed by atoms with E-state index in [9.17, 15) is 4.79 Å². The molecule has 0 aromatic heterocycles. The summed E-state index contributed by atoms with van der Waals surface area (Å²) in [6.07, 6.45) is 1.05. The highest BCUT2D eigenvalue weighted by Crippen LogP contribution is 2.17. The Morgan fingerprint density at radius 1 is 1.54 bits per heavy atom. The highest BCUT2D eigenvalue weighted by atomic mass is 16.5. The van der Waals surface area contributed by atoms with Crippen LogP contribution in [0, 0.1) is 0 Å². The first-order chi connectivity index (χ1) is 5.96. The van der Waals surface area contributed by atoms with Crippen LogP contribution in [0.1, 0.15) is 40.5 Å². The van der Waals surface area contributed by atoms with E-state index in [2.05, 4.69) is 5.43 Å². The van der Waals surface area contributed by atoms with Gasteiger partial charge in [0.05, 0.1) is 5.60 Å². The molecule has 0 radical (unpaired) electrons. The van der Waals surface area contributed by atoms with Gasteiger partial charge >= 0.3 is 0 Å². The topological polar surface area (TPSA) is 64.3 Å². The van der Waals surface area contributed by atoms with Gasteiger partial charge in [-0.1, -0.05) is 13.8 Å². The van der Waals surface area contributed by atoms with Crippen molar-refractivity contribution in [1.29, 1.82) is 0 Å². The van der Waals surface area contributed by atoms with Gasteiger partial charge in [-0.2, -0.15) is 0 Å². The van der Waals surface area contributed by atoms with Crippen molar-refractivity contribution in [3.05, 3.63) is 0 Å². The molecule has 0 fully saturated rings. The van der Waals surface area contributed by atoms with E-state index in [1.165, 1.54) is 0 Å². The van der Waals surface area contributed by atoms with Crippen LogP contribution in [0.3, 0.4) is 0 Å². The van der Waals surface area contributed by atoms with Crippen molar-refractivity contribution in [3.63, 3.8) is 0 Å². The molecular formula is C9H20N2O2. The van der Waals surface area contributed by atoms with E-state index in [0.29, 0.717) is 6.42 Å². The number of hydrogen-bond acceptors (Lipinski definition) is 3. The van der Waals surface area contributed by atoms with Crippen molar-refractivity contribution in [3.8, 4) is 0 Å². The second kappa shape index (κ2) is 5.19. The Morgan fingerprint density at radius 2 is 2.08 bits per heavy atom. The lowest BCUT2D eigenvalue weighted by Crippen LogP contribution is -2.43. The van der Waals surface area contributed by atoms with Crippen LogP contribution in [0.5, 0.6) is 0 Å². The molecule has 0 aromatic carbocycles. The molecule has 0 spiro atoms. The summed E-state index contributed by atoms with van der Waals surface area (Å²) in [5, 5.41) is 0. The minimum absolute atomic E-state index is 0.260. The van der Waals surface area contributed by atoms with E-state index < -0.39 is 6.10 Å². The molecule has 0 aliphatic heterocycles. The van der Waals surface area contributed by atoms with Gasteiger partial charge in [0.15, 0.2) is 0 Å². The average Bonchev–Trinajstić information content (AvgIpc) is 2.13. The Balaban J connectivity index is 4.20. The van der Waals surface area contributed by atoms with Crippen LogP contribution in [0.15, 0.2) is 0 Å². The van der Waals surface area contributed by atoms with Gasteiger partial charge in [-0.05, 0) is 26.7 Å². The third-order valence-corrected chi connectivity index (χ3v) is 2.12. The van der Waals surface area contributed by atoms with Crippen LogP contribution in [-0.4, -0.2) is 17.6 Å². The van der Waals surface area contributed by atoms with Gasteiger partial charge in [-0.15, -0.1) is 0 Å². The van der Waals surface area contributed by atoms with Crippen molar-refractivity contribution in [2.24, 2.45) is 5.84 Å². The first kappa shape index (κ1) is 12.4. The molecular weight excluding hydrogens is 168 g/mol. The van der Waals surface area contributed by atoms with E-state index in [1.54, 1.807) is 0 Å². The Hall–Kier alpha value is -0.610. The van der Waals surface area contributed by atoms with E-state index in [1.807, 2.05) is 27.7 Å². The lowest BCUT2D eigenvalue weighted by molar-refractivity contribution is -0.144. The molecule has 4 nitrogen and oxygen atoms in total. The Kier molecular flexibility index (Phi) is 4.95. The number of nitrogens with two attached hydrogens (primary N) is 1. The number of hydrazine groups is 1. The molecule has 78 valence electrons. The second-order valence-corrected chi connectivity index (χ2v) is 3.64. The summed E-state index contributed by atoms with van der Waals surface area (Å²) in [5.41, 5.74) is 1.83. The fourth-order valence-electron chi connectivity index (χ4n) is 0.884. The van der Waals surface area contributed by atoms with Gasteiger partial charge < -0.3 is 4.74 Å². The van der Waals surface area contributed by atoms with Crippen LogP contribution in [-0.2, 0) is 9.53 Å². The molecule has 1 amide bonds. The molecule has 0 aliphatic rings. The molecule has 1 unspecified atom stereocenters. The summed E-state index contributed by atoms with van der Waals surface area (Å²) >= 11 is 0. The Morgan fingerprint density at radius 3 is 2.38 bits per heavy atom. The summed E-state index contributed by atoms with van der Waals surface area (Å²) < 4.78 is 5.60. The van der Waals surface area contributed by atoms with E-state index in [0.717, 1.165) is 6.42 Å². The highest BCUT2D eigenvalue weighted by molar-refractivity contribution is 5.80. The third kappa shape index (κ3) is 4.24. The molecule has 13 heavy (non-hydrogen) atoms. The first-order valence-corrected chi connectivity index (χ1v) is 4.65. The van der Waals surface area contributed by atoms with Gasteiger partial charge in [-0.25, -0.2) is 5.84 Å². The molecule has 3 N–H and O–H groups in total. The lowest BCUT2D eigenvalue weighted by atomic mass is 10.1. The maximum absolute atomic E-state index is 11.2. The summed E-state index contributed by atoms with van der Waals surface area (Å²) in [6.45, 7) is 7.83. The summed E-state index contributed by atoms with van der Waals surface area (Å²) in [6, 6.07) is 0. The van der Waals surface area contributed by atoms with E-state index in [-0.39, 0.29) is 11.5 Å².